The molecular weight excluding hydrogens is 220 g/mol. The highest BCUT2D eigenvalue weighted by molar-refractivity contribution is 6.12. The molecule has 0 bridgehead atoms. The lowest BCUT2D eigenvalue weighted by Crippen LogP contribution is -2.48. The molecule has 1 amide bonds. The molecule has 0 aromatic rings. The Morgan fingerprint density at radius 3 is 2.29 bits per heavy atom. The number of nitrogens with zero attached hydrogens (tertiary/aromatic N) is 2. The van der Waals surface area contributed by atoms with Crippen LogP contribution in [0.15, 0.2) is 5.10 Å². The van der Waals surface area contributed by atoms with E-state index in [0.717, 1.165) is 25.0 Å². The van der Waals surface area contributed by atoms with E-state index in [2.05, 4.69) is 5.10 Å². The number of amides is 1. The van der Waals surface area contributed by atoms with Crippen LogP contribution in [0.5, 0.6) is 0 Å². The maximum absolute atomic E-state index is 12.4. The van der Waals surface area contributed by atoms with Gasteiger partial charge in [0.25, 0.3) is 5.91 Å². The first-order chi connectivity index (χ1) is 8.15. The molecule has 0 radical (unpaired) electrons. The van der Waals surface area contributed by atoms with Crippen LogP contribution in [0, 0.1) is 5.41 Å². The number of hydrogen-bond donors (Lipinski definition) is 0. The first kappa shape index (κ1) is 12.5. The van der Waals surface area contributed by atoms with Crippen molar-refractivity contribution in [2.24, 2.45) is 10.5 Å². The van der Waals surface area contributed by atoms with Crippen LogP contribution in [0.4, 0.5) is 0 Å². The van der Waals surface area contributed by atoms with E-state index >= 15 is 0 Å². The van der Waals surface area contributed by atoms with Crippen LogP contribution >= 0.6 is 0 Å². The van der Waals surface area contributed by atoms with Gasteiger partial charge in [-0.2, -0.15) is 5.10 Å². The highest BCUT2D eigenvalue weighted by atomic mass is 16.5. The summed E-state index contributed by atoms with van der Waals surface area (Å²) in [7, 11) is 3.25. The molecule has 0 aromatic heterocycles. The van der Waals surface area contributed by atoms with Gasteiger partial charge >= 0.3 is 0 Å². The number of hydrazone groups is 1. The van der Waals surface area contributed by atoms with Gasteiger partial charge in [0.1, 0.15) is 6.04 Å². The van der Waals surface area contributed by atoms with Gasteiger partial charge < -0.3 is 9.47 Å². The first-order valence-corrected chi connectivity index (χ1v) is 6.03. The SMILES string of the molecule is COCC(COC)N1N=C(C)C2(CCC2)C1=O. The molecule has 1 fully saturated rings. The van der Waals surface area contributed by atoms with E-state index in [1.54, 1.807) is 19.2 Å². The average Bonchev–Trinajstić information content (AvgIpc) is 2.50. The summed E-state index contributed by atoms with van der Waals surface area (Å²) in [5.74, 6) is 0.125. The number of carbonyl (C=O) groups is 1. The topological polar surface area (TPSA) is 51.1 Å². The highest BCUT2D eigenvalue weighted by Gasteiger charge is 2.54. The second-order valence-electron chi connectivity index (χ2n) is 4.84. The number of carbonyl (C=O) groups excluding carboxylic acids is 1. The molecule has 0 N–H and O–H groups in total. The minimum atomic E-state index is -0.292. The molecule has 0 atom stereocenters. The van der Waals surface area contributed by atoms with Gasteiger partial charge in [-0.05, 0) is 19.8 Å². The van der Waals surface area contributed by atoms with Gasteiger partial charge in [0.15, 0.2) is 0 Å². The Morgan fingerprint density at radius 2 is 1.94 bits per heavy atom. The maximum Gasteiger partial charge on any atom is 0.255 e. The zero-order chi connectivity index (χ0) is 12.5. The molecule has 96 valence electrons. The van der Waals surface area contributed by atoms with Crippen LogP contribution in [-0.2, 0) is 14.3 Å². The molecule has 5 nitrogen and oxygen atoms in total. The second kappa shape index (κ2) is 4.74. The standard InChI is InChI=1S/C12H20N2O3/c1-9-12(5-4-6-12)11(15)14(13-9)10(7-16-2)8-17-3/h10H,4-8H2,1-3H3. The van der Waals surface area contributed by atoms with E-state index in [0.29, 0.717) is 13.2 Å². The molecule has 2 aliphatic rings. The minimum absolute atomic E-state index is 0.118. The molecule has 0 aromatic carbocycles. The zero-order valence-corrected chi connectivity index (χ0v) is 10.7. The van der Waals surface area contributed by atoms with Crippen molar-refractivity contribution in [3.63, 3.8) is 0 Å². The number of hydrogen-bond acceptors (Lipinski definition) is 4. The predicted molar refractivity (Wildman–Crippen MR) is 63.8 cm³/mol. The average molecular weight is 240 g/mol. The largest absolute Gasteiger partial charge is 0.382 e. The Kier molecular flexibility index (Phi) is 3.49. The van der Waals surface area contributed by atoms with Gasteiger partial charge in [-0.3, -0.25) is 4.79 Å². The van der Waals surface area contributed by atoms with Crippen LogP contribution in [-0.4, -0.2) is 50.1 Å². The Balaban J connectivity index is 2.14. The van der Waals surface area contributed by atoms with Crippen molar-refractivity contribution in [1.82, 2.24) is 5.01 Å². The third-order valence-corrected chi connectivity index (χ3v) is 3.84. The smallest absolute Gasteiger partial charge is 0.255 e. The Hall–Kier alpha value is -0.940. The summed E-state index contributed by atoms with van der Waals surface area (Å²) in [6, 6.07) is -0.118. The predicted octanol–water partition coefficient (Wildman–Crippen LogP) is 1.04. The van der Waals surface area contributed by atoms with Crippen LogP contribution in [0.25, 0.3) is 0 Å². The van der Waals surface area contributed by atoms with Gasteiger partial charge in [0.2, 0.25) is 0 Å². The summed E-state index contributed by atoms with van der Waals surface area (Å²) in [6.07, 6.45) is 2.99. The minimum Gasteiger partial charge on any atom is -0.382 e. The third kappa shape index (κ3) is 1.87. The number of methoxy groups -OCH3 is 2. The molecule has 2 rings (SSSR count). The molecule has 5 heteroatoms. The van der Waals surface area contributed by atoms with E-state index in [-0.39, 0.29) is 17.4 Å². The van der Waals surface area contributed by atoms with Crippen molar-refractivity contribution in [2.75, 3.05) is 27.4 Å². The summed E-state index contributed by atoms with van der Waals surface area (Å²) in [5.41, 5.74) is 0.658. The van der Waals surface area contributed by atoms with E-state index < -0.39 is 0 Å². The molecule has 17 heavy (non-hydrogen) atoms. The van der Waals surface area contributed by atoms with Gasteiger partial charge in [-0.25, -0.2) is 5.01 Å². The normalized spacial score (nSPS) is 22.2. The van der Waals surface area contributed by atoms with Crippen molar-refractivity contribution in [3.8, 4) is 0 Å². The maximum atomic E-state index is 12.4. The van der Waals surface area contributed by atoms with Crippen LogP contribution in [0.1, 0.15) is 26.2 Å². The monoisotopic (exact) mass is 240 g/mol. The van der Waals surface area contributed by atoms with Crippen LogP contribution < -0.4 is 0 Å². The summed E-state index contributed by atoms with van der Waals surface area (Å²) in [4.78, 5) is 12.4. The van der Waals surface area contributed by atoms with Crippen molar-refractivity contribution in [1.29, 1.82) is 0 Å². The van der Waals surface area contributed by atoms with Gasteiger partial charge in [-0.1, -0.05) is 6.42 Å². The van der Waals surface area contributed by atoms with Gasteiger partial charge in [0.05, 0.1) is 24.3 Å². The van der Waals surface area contributed by atoms with E-state index in [1.807, 2.05) is 6.92 Å². The molecule has 1 spiro atoms. The van der Waals surface area contributed by atoms with Gasteiger partial charge in [-0.15, -0.1) is 0 Å². The molecular formula is C12H20N2O3. The molecule has 1 heterocycles. The third-order valence-electron chi connectivity index (χ3n) is 3.84. The van der Waals surface area contributed by atoms with E-state index in [1.165, 1.54) is 0 Å². The van der Waals surface area contributed by atoms with Crippen molar-refractivity contribution in [2.45, 2.75) is 32.2 Å². The van der Waals surface area contributed by atoms with Crippen LogP contribution in [0.3, 0.4) is 0 Å². The lowest BCUT2D eigenvalue weighted by atomic mass is 9.66. The first-order valence-electron chi connectivity index (χ1n) is 6.03. The lowest BCUT2D eigenvalue weighted by molar-refractivity contribution is -0.144. The van der Waals surface area contributed by atoms with Gasteiger partial charge in [0, 0.05) is 14.2 Å². The molecule has 0 unspecified atom stereocenters. The fraction of sp³-hybridized carbons (Fsp3) is 0.833. The van der Waals surface area contributed by atoms with Crippen molar-refractivity contribution in [3.05, 3.63) is 0 Å². The molecule has 1 saturated carbocycles. The summed E-state index contributed by atoms with van der Waals surface area (Å²) >= 11 is 0. The Bertz CT molecular complexity index is 331. The molecule has 0 saturated heterocycles. The second-order valence-corrected chi connectivity index (χ2v) is 4.84. The van der Waals surface area contributed by atoms with Crippen molar-refractivity contribution < 1.29 is 14.3 Å². The fourth-order valence-electron chi connectivity index (χ4n) is 2.60. The fourth-order valence-corrected chi connectivity index (χ4v) is 2.60. The lowest BCUT2D eigenvalue weighted by Gasteiger charge is -2.37. The zero-order valence-electron chi connectivity index (χ0n) is 10.7. The van der Waals surface area contributed by atoms with E-state index in [9.17, 15) is 4.79 Å². The van der Waals surface area contributed by atoms with E-state index in [4.69, 9.17) is 9.47 Å². The molecule has 1 aliphatic carbocycles. The van der Waals surface area contributed by atoms with Crippen molar-refractivity contribution >= 4 is 11.6 Å². The Labute approximate surface area is 102 Å². The summed E-state index contributed by atoms with van der Waals surface area (Å²) in [6.45, 7) is 2.85. The Morgan fingerprint density at radius 1 is 1.35 bits per heavy atom. The summed E-state index contributed by atoms with van der Waals surface area (Å²) < 4.78 is 10.3. The van der Waals surface area contributed by atoms with Crippen LogP contribution in [0.2, 0.25) is 0 Å². The summed E-state index contributed by atoms with van der Waals surface area (Å²) in [5, 5.41) is 5.99. The molecule has 1 aliphatic heterocycles. The highest BCUT2D eigenvalue weighted by Crippen LogP contribution is 2.47. The quantitative estimate of drug-likeness (QED) is 0.721. The number of ether oxygens (including phenoxy) is 2. The number of rotatable bonds is 5.